The zero-order chi connectivity index (χ0) is 24.6. The van der Waals surface area contributed by atoms with Gasteiger partial charge < -0.3 is 29.7 Å². The van der Waals surface area contributed by atoms with Crippen LogP contribution in [0.25, 0.3) is 0 Å². The number of hydrogen-bond acceptors (Lipinski definition) is 6. The van der Waals surface area contributed by atoms with Crippen molar-refractivity contribution in [3.63, 3.8) is 0 Å². The highest BCUT2D eigenvalue weighted by Crippen LogP contribution is 2.33. The third kappa shape index (κ3) is 5.84. The Morgan fingerprint density at radius 1 is 0.943 bits per heavy atom. The molecule has 182 valence electrons. The predicted molar refractivity (Wildman–Crippen MR) is 133 cm³/mol. The number of benzene rings is 3. The molecule has 0 aromatic heterocycles. The van der Waals surface area contributed by atoms with Crippen LogP contribution in [-0.2, 0) is 29.2 Å². The van der Waals surface area contributed by atoms with Gasteiger partial charge in [-0.2, -0.15) is 0 Å². The summed E-state index contributed by atoms with van der Waals surface area (Å²) in [6.45, 7) is 1.24. The molecule has 1 aliphatic heterocycles. The Bertz CT molecular complexity index is 1200. The highest BCUT2D eigenvalue weighted by molar-refractivity contribution is 5.99. The topological polar surface area (TPSA) is 95.6 Å². The first-order chi connectivity index (χ1) is 17.1. The van der Waals surface area contributed by atoms with Crippen LogP contribution < -0.4 is 19.9 Å². The van der Waals surface area contributed by atoms with E-state index in [0.717, 1.165) is 23.1 Å². The highest BCUT2D eigenvalue weighted by atomic mass is 16.6. The van der Waals surface area contributed by atoms with E-state index >= 15 is 0 Å². The Kier molecular flexibility index (Phi) is 7.72. The second kappa shape index (κ2) is 11.3. The zero-order valence-electron chi connectivity index (χ0n) is 19.9. The van der Waals surface area contributed by atoms with Crippen LogP contribution in [0.15, 0.2) is 71.9 Å². The number of rotatable bonds is 9. The van der Waals surface area contributed by atoms with Crippen molar-refractivity contribution in [1.29, 1.82) is 0 Å². The molecule has 0 radical (unpaired) electrons. The lowest BCUT2D eigenvalue weighted by Gasteiger charge is -2.29. The van der Waals surface area contributed by atoms with Crippen LogP contribution in [0.2, 0.25) is 0 Å². The second-order valence-corrected chi connectivity index (χ2v) is 8.06. The lowest BCUT2D eigenvalue weighted by Crippen LogP contribution is -2.38. The first-order valence-electron chi connectivity index (χ1n) is 11.3. The van der Waals surface area contributed by atoms with Crippen molar-refractivity contribution < 1.29 is 23.8 Å². The molecule has 8 nitrogen and oxygen atoms in total. The number of amidine groups is 1. The van der Waals surface area contributed by atoms with Crippen LogP contribution in [0.4, 0.5) is 0 Å². The Morgan fingerprint density at radius 2 is 1.63 bits per heavy atom. The molecule has 0 spiro atoms. The van der Waals surface area contributed by atoms with Gasteiger partial charge in [-0.05, 0) is 47.4 Å². The van der Waals surface area contributed by atoms with E-state index in [-0.39, 0.29) is 18.3 Å². The highest BCUT2D eigenvalue weighted by Gasteiger charge is 2.23. The minimum absolute atomic E-state index is 0.141. The quantitative estimate of drug-likeness (QED) is 0.289. The summed E-state index contributed by atoms with van der Waals surface area (Å²) in [5, 5.41) is 3.97. The van der Waals surface area contributed by atoms with Gasteiger partial charge in [0.25, 0.3) is 5.91 Å². The number of para-hydroxylation sites is 1. The summed E-state index contributed by atoms with van der Waals surface area (Å²) in [6.07, 6.45) is 0.721. The number of amides is 1. The van der Waals surface area contributed by atoms with Gasteiger partial charge >= 0.3 is 0 Å². The number of fused-ring (bicyclic) bond motifs is 1. The molecule has 0 fully saturated rings. The fraction of sp³-hybridized carbons (Fsp3) is 0.259. The molecule has 0 unspecified atom stereocenters. The molecule has 0 aliphatic carbocycles. The molecule has 0 saturated carbocycles. The maximum absolute atomic E-state index is 12.7. The van der Waals surface area contributed by atoms with E-state index in [4.69, 9.17) is 24.8 Å². The Labute approximate surface area is 204 Å². The standard InChI is InChI=1S/C27H29N3O5/c1-32-24-14-20-12-13-30(16-21(20)15-25(24)33-2)26(31)18-35-29-27(28)22-10-6-7-11-23(22)34-17-19-8-4-3-5-9-19/h3-11,14-15H,12-13,16-18H2,1-2H3,(H2,28,29). The van der Waals surface area contributed by atoms with E-state index in [1.165, 1.54) is 0 Å². The maximum Gasteiger partial charge on any atom is 0.263 e. The minimum atomic E-state index is -0.212. The summed E-state index contributed by atoms with van der Waals surface area (Å²) in [6, 6.07) is 21.0. The Hall–Kier alpha value is -4.20. The van der Waals surface area contributed by atoms with Gasteiger partial charge in [0, 0.05) is 13.1 Å². The SMILES string of the molecule is COc1cc2c(cc1OC)CN(C(=O)CO/N=C(/N)c1ccccc1OCc1ccccc1)CC2. The average molecular weight is 476 g/mol. The van der Waals surface area contributed by atoms with E-state index in [1.54, 1.807) is 25.2 Å². The summed E-state index contributed by atoms with van der Waals surface area (Å²) < 4.78 is 16.7. The van der Waals surface area contributed by atoms with E-state index < -0.39 is 0 Å². The van der Waals surface area contributed by atoms with Gasteiger partial charge in [0.2, 0.25) is 0 Å². The monoisotopic (exact) mass is 475 g/mol. The first-order valence-corrected chi connectivity index (χ1v) is 11.3. The molecular weight excluding hydrogens is 446 g/mol. The van der Waals surface area contributed by atoms with Crippen molar-refractivity contribution in [2.75, 3.05) is 27.4 Å². The van der Waals surface area contributed by atoms with Gasteiger partial charge in [-0.25, -0.2) is 0 Å². The smallest absolute Gasteiger partial charge is 0.263 e. The molecule has 0 atom stereocenters. The number of ether oxygens (including phenoxy) is 3. The minimum Gasteiger partial charge on any atom is -0.493 e. The summed E-state index contributed by atoms with van der Waals surface area (Å²) >= 11 is 0. The van der Waals surface area contributed by atoms with Crippen LogP contribution >= 0.6 is 0 Å². The van der Waals surface area contributed by atoms with E-state index in [0.29, 0.717) is 42.5 Å². The predicted octanol–water partition coefficient (Wildman–Crippen LogP) is 3.50. The number of nitrogens with two attached hydrogens (primary N) is 1. The number of carbonyl (C=O) groups is 1. The van der Waals surface area contributed by atoms with E-state index in [2.05, 4.69) is 5.16 Å². The fourth-order valence-corrected chi connectivity index (χ4v) is 3.93. The van der Waals surface area contributed by atoms with Gasteiger partial charge in [0.1, 0.15) is 12.4 Å². The molecule has 1 amide bonds. The molecule has 4 rings (SSSR count). The Balaban J connectivity index is 1.35. The van der Waals surface area contributed by atoms with Crippen molar-refractivity contribution in [3.05, 3.63) is 89.0 Å². The van der Waals surface area contributed by atoms with Gasteiger partial charge in [-0.3, -0.25) is 4.79 Å². The molecule has 3 aromatic rings. The summed E-state index contributed by atoms with van der Waals surface area (Å²) in [7, 11) is 3.21. The normalized spacial score (nSPS) is 13.1. The molecular formula is C27H29N3O5. The van der Waals surface area contributed by atoms with Crippen LogP contribution in [0, 0.1) is 0 Å². The molecule has 1 aliphatic rings. The largest absolute Gasteiger partial charge is 0.493 e. The lowest BCUT2D eigenvalue weighted by molar-refractivity contribution is -0.137. The molecule has 0 bridgehead atoms. The van der Waals surface area contributed by atoms with Crippen LogP contribution in [-0.4, -0.2) is 44.0 Å². The number of nitrogens with zero attached hydrogens (tertiary/aromatic N) is 2. The number of hydrogen-bond donors (Lipinski definition) is 1. The first kappa shape index (κ1) is 23.9. The molecule has 8 heteroatoms. The van der Waals surface area contributed by atoms with Crippen molar-refractivity contribution in [3.8, 4) is 17.2 Å². The fourth-order valence-electron chi connectivity index (χ4n) is 3.93. The third-order valence-corrected chi connectivity index (χ3v) is 5.82. The number of carbonyl (C=O) groups excluding carboxylic acids is 1. The van der Waals surface area contributed by atoms with E-state index in [1.807, 2.05) is 60.7 Å². The summed E-state index contributed by atoms with van der Waals surface area (Å²) in [5.74, 6) is 1.89. The molecule has 0 saturated heterocycles. The summed E-state index contributed by atoms with van der Waals surface area (Å²) in [4.78, 5) is 19.8. The van der Waals surface area contributed by atoms with Crippen molar-refractivity contribution >= 4 is 11.7 Å². The zero-order valence-corrected chi connectivity index (χ0v) is 19.9. The maximum atomic E-state index is 12.7. The summed E-state index contributed by atoms with van der Waals surface area (Å²) in [5.41, 5.74) is 9.95. The van der Waals surface area contributed by atoms with Crippen LogP contribution in [0.5, 0.6) is 17.2 Å². The molecule has 2 N–H and O–H groups in total. The average Bonchev–Trinajstić information content (AvgIpc) is 2.91. The molecule has 1 heterocycles. The van der Waals surface area contributed by atoms with Crippen molar-refractivity contribution in [2.24, 2.45) is 10.9 Å². The van der Waals surface area contributed by atoms with Gasteiger partial charge in [0.05, 0.1) is 19.8 Å². The van der Waals surface area contributed by atoms with E-state index in [9.17, 15) is 4.79 Å². The van der Waals surface area contributed by atoms with Gasteiger partial charge in [-0.15, -0.1) is 0 Å². The second-order valence-electron chi connectivity index (χ2n) is 8.06. The third-order valence-electron chi connectivity index (χ3n) is 5.82. The number of oxime groups is 1. The van der Waals surface area contributed by atoms with Crippen molar-refractivity contribution in [2.45, 2.75) is 19.6 Å². The lowest BCUT2D eigenvalue weighted by atomic mass is 9.99. The molecule has 35 heavy (non-hydrogen) atoms. The van der Waals surface area contributed by atoms with Crippen LogP contribution in [0.3, 0.4) is 0 Å². The van der Waals surface area contributed by atoms with Gasteiger partial charge in [0.15, 0.2) is 23.9 Å². The number of methoxy groups -OCH3 is 2. The Morgan fingerprint density at radius 3 is 2.37 bits per heavy atom. The van der Waals surface area contributed by atoms with Gasteiger partial charge in [-0.1, -0.05) is 47.6 Å². The van der Waals surface area contributed by atoms with Crippen LogP contribution in [0.1, 0.15) is 22.3 Å². The molecule has 3 aromatic carbocycles. The van der Waals surface area contributed by atoms with Crippen molar-refractivity contribution in [1.82, 2.24) is 4.90 Å².